The van der Waals surface area contributed by atoms with Crippen LogP contribution in [-0.2, 0) is 4.79 Å². The van der Waals surface area contributed by atoms with Crippen molar-refractivity contribution in [1.82, 2.24) is 4.90 Å². The number of hydrogen-bond donors (Lipinski definition) is 1. The zero-order valence-electron chi connectivity index (χ0n) is 5.57. The molecule has 1 heterocycles. The summed E-state index contributed by atoms with van der Waals surface area (Å²) in [5.41, 5.74) is 0. The van der Waals surface area contributed by atoms with Gasteiger partial charge in [0.15, 0.2) is 0 Å². The summed E-state index contributed by atoms with van der Waals surface area (Å²) in [6.07, 6.45) is 0. The lowest BCUT2D eigenvalue weighted by Crippen LogP contribution is -2.38. The summed E-state index contributed by atoms with van der Waals surface area (Å²) in [4.78, 5) is 12.5. The summed E-state index contributed by atoms with van der Waals surface area (Å²) in [5, 5.41) is 11.4. The first kappa shape index (κ1) is 7.40. The molecule has 0 aromatic heterocycles. The maximum absolute atomic E-state index is 11.0. The first-order chi connectivity index (χ1) is 4.75. The second-order valence-electron chi connectivity index (χ2n) is 1.98. The van der Waals surface area contributed by atoms with E-state index in [2.05, 4.69) is 5.16 Å². The fraction of sp³-hybridized carbons (Fsp3) is 0.600. The molecule has 0 spiro atoms. The topological polar surface area (TPSA) is 52.9 Å². The van der Waals surface area contributed by atoms with Crippen LogP contribution >= 0.6 is 11.8 Å². The van der Waals surface area contributed by atoms with E-state index < -0.39 is 0 Å². The van der Waals surface area contributed by atoms with Crippen molar-refractivity contribution in [2.75, 3.05) is 19.3 Å². The highest BCUT2D eigenvalue weighted by Gasteiger charge is 2.22. The Morgan fingerprint density at radius 2 is 2.50 bits per heavy atom. The highest BCUT2D eigenvalue weighted by molar-refractivity contribution is 8.15. The molecule has 0 bridgehead atoms. The van der Waals surface area contributed by atoms with E-state index in [1.807, 2.05) is 0 Å². The van der Waals surface area contributed by atoms with Crippen LogP contribution < -0.4 is 0 Å². The molecule has 0 aliphatic carbocycles. The average molecular weight is 160 g/mol. The van der Waals surface area contributed by atoms with Gasteiger partial charge in [0, 0.05) is 19.3 Å². The van der Waals surface area contributed by atoms with Crippen molar-refractivity contribution in [3.63, 3.8) is 0 Å². The number of carbonyl (C=O) groups is 1. The molecule has 1 amide bonds. The third-order valence-corrected chi connectivity index (χ3v) is 2.20. The van der Waals surface area contributed by atoms with Crippen LogP contribution in [0.4, 0.5) is 0 Å². The zero-order valence-corrected chi connectivity index (χ0v) is 6.39. The van der Waals surface area contributed by atoms with E-state index in [0.717, 1.165) is 12.3 Å². The summed E-state index contributed by atoms with van der Waals surface area (Å²) in [6.45, 7) is 0.725. The molecule has 4 nitrogen and oxygen atoms in total. The van der Waals surface area contributed by atoms with Crippen molar-refractivity contribution in [2.24, 2.45) is 5.16 Å². The van der Waals surface area contributed by atoms with E-state index in [1.165, 1.54) is 16.7 Å². The molecule has 0 radical (unpaired) electrons. The van der Waals surface area contributed by atoms with E-state index >= 15 is 0 Å². The maximum atomic E-state index is 11.0. The van der Waals surface area contributed by atoms with Gasteiger partial charge >= 0.3 is 0 Å². The molecule has 1 fully saturated rings. The van der Waals surface area contributed by atoms with Gasteiger partial charge < -0.3 is 10.1 Å². The standard InChI is InChI=1S/C5H8N2O2S/c1-7-2-3-10-4(6-9)5(7)8/h9H,2-3H2,1H3/b6-4+. The van der Waals surface area contributed by atoms with Crippen LogP contribution in [0.5, 0.6) is 0 Å². The minimum absolute atomic E-state index is 0.189. The predicted octanol–water partition coefficient (Wildman–Crippen LogP) is -0.0207. The molecule has 0 aromatic rings. The van der Waals surface area contributed by atoms with Crippen LogP contribution in [0.2, 0.25) is 0 Å². The summed E-state index contributed by atoms with van der Waals surface area (Å²) < 4.78 is 0. The third-order valence-electron chi connectivity index (χ3n) is 1.29. The zero-order chi connectivity index (χ0) is 7.56. The Labute approximate surface area is 62.9 Å². The van der Waals surface area contributed by atoms with Crippen molar-refractivity contribution in [3.05, 3.63) is 0 Å². The van der Waals surface area contributed by atoms with Crippen LogP contribution in [0.3, 0.4) is 0 Å². The number of thioether (sulfide) groups is 1. The molecule has 10 heavy (non-hydrogen) atoms. The lowest BCUT2D eigenvalue weighted by Gasteiger charge is -2.21. The second kappa shape index (κ2) is 2.92. The average Bonchev–Trinajstić information content (AvgIpc) is 1.95. The smallest absolute Gasteiger partial charge is 0.282 e. The van der Waals surface area contributed by atoms with Gasteiger partial charge in [0.25, 0.3) is 5.91 Å². The van der Waals surface area contributed by atoms with E-state index in [1.54, 1.807) is 7.05 Å². The Hall–Kier alpha value is -0.710. The number of carbonyl (C=O) groups excluding carboxylic acids is 1. The van der Waals surface area contributed by atoms with Crippen LogP contribution in [0.15, 0.2) is 5.16 Å². The molecule has 1 rings (SSSR count). The number of nitrogens with zero attached hydrogens (tertiary/aromatic N) is 2. The van der Waals surface area contributed by atoms with E-state index in [9.17, 15) is 4.79 Å². The highest BCUT2D eigenvalue weighted by atomic mass is 32.2. The van der Waals surface area contributed by atoms with Crippen molar-refractivity contribution < 1.29 is 10.0 Å². The lowest BCUT2D eigenvalue weighted by atomic mass is 10.5. The van der Waals surface area contributed by atoms with Gasteiger partial charge in [0.2, 0.25) is 5.04 Å². The van der Waals surface area contributed by atoms with Gasteiger partial charge in [-0.3, -0.25) is 4.79 Å². The van der Waals surface area contributed by atoms with E-state index in [4.69, 9.17) is 5.21 Å². The molecule has 1 aliphatic heterocycles. The SMILES string of the molecule is CN1CCS/C(=N/O)C1=O. The van der Waals surface area contributed by atoms with Crippen LogP contribution in [0.25, 0.3) is 0 Å². The molecule has 1 N–H and O–H groups in total. The van der Waals surface area contributed by atoms with Crippen molar-refractivity contribution >= 4 is 22.7 Å². The number of rotatable bonds is 0. The predicted molar refractivity (Wildman–Crippen MR) is 39.3 cm³/mol. The first-order valence-corrected chi connectivity index (χ1v) is 3.84. The van der Waals surface area contributed by atoms with Crippen molar-refractivity contribution in [3.8, 4) is 0 Å². The summed E-state index contributed by atoms with van der Waals surface area (Å²) >= 11 is 1.28. The lowest BCUT2D eigenvalue weighted by molar-refractivity contribution is -0.122. The molecule has 56 valence electrons. The number of amides is 1. The first-order valence-electron chi connectivity index (χ1n) is 2.86. The number of oxime groups is 1. The Morgan fingerprint density at radius 3 is 3.00 bits per heavy atom. The monoisotopic (exact) mass is 160 g/mol. The Balaban J connectivity index is 2.69. The largest absolute Gasteiger partial charge is 0.410 e. The molecule has 0 atom stereocenters. The normalized spacial score (nSPS) is 23.9. The molecule has 5 heteroatoms. The molecule has 1 aliphatic rings. The van der Waals surface area contributed by atoms with Crippen LogP contribution in [0, 0.1) is 0 Å². The van der Waals surface area contributed by atoms with Crippen LogP contribution in [0.1, 0.15) is 0 Å². The molecule has 0 saturated carbocycles. The van der Waals surface area contributed by atoms with Gasteiger partial charge in [-0.2, -0.15) is 0 Å². The number of hydrogen-bond acceptors (Lipinski definition) is 4. The Morgan fingerprint density at radius 1 is 1.80 bits per heavy atom. The second-order valence-corrected chi connectivity index (χ2v) is 3.06. The van der Waals surface area contributed by atoms with E-state index in [-0.39, 0.29) is 11.0 Å². The van der Waals surface area contributed by atoms with Crippen LogP contribution in [-0.4, -0.2) is 40.4 Å². The highest BCUT2D eigenvalue weighted by Crippen LogP contribution is 2.12. The molecular formula is C5H8N2O2S. The molecular weight excluding hydrogens is 152 g/mol. The summed E-state index contributed by atoms with van der Waals surface area (Å²) in [7, 11) is 1.69. The fourth-order valence-corrected chi connectivity index (χ4v) is 1.57. The summed E-state index contributed by atoms with van der Waals surface area (Å²) in [6, 6.07) is 0. The summed E-state index contributed by atoms with van der Waals surface area (Å²) in [5.74, 6) is 0.612. The van der Waals surface area contributed by atoms with Gasteiger partial charge in [-0.05, 0) is 0 Å². The fourth-order valence-electron chi connectivity index (χ4n) is 0.677. The maximum Gasteiger partial charge on any atom is 0.282 e. The molecule has 1 saturated heterocycles. The van der Waals surface area contributed by atoms with Gasteiger partial charge in [0.1, 0.15) is 0 Å². The minimum Gasteiger partial charge on any atom is -0.410 e. The van der Waals surface area contributed by atoms with Gasteiger partial charge in [-0.15, -0.1) is 0 Å². The Kier molecular flexibility index (Phi) is 2.16. The molecule has 0 unspecified atom stereocenters. The Bertz CT molecular complexity index is 180. The van der Waals surface area contributed by atoms with Crippen molar-refractivity contribution in [1.29, 1.82) is 0 Å². The molecule has 0 aromatic carbocycles. The minimum atomic E-state index is -0.196. The van der Waals surface area contributed by atoms with Gasteiger partial charge in [-0.1, -0.05) is 16.9 Å². The quantitative estimate of drug-likeness (QED) is 0.400. The van der Waals surface area contributed by atoms with Gasteiger partial charge in [0.05, 0.1) is 0 Å². The van der Waals surface area contributed by atoms with Crippen molar-refractivity contribution in [2.45, 2.75) is 0 Å². The third kappa shape index (κ3) is 1.23. The van der Waals surface area contributed by atoms with E-state index in [0.29, 0.717) is 0 Å². The van der Waals surface area contributed by atoms with Gasteiger partial charge in [-0.25, -0.2) is 0 Å².